The summed E-state index contributed by atoms with van der Waals surface area (Å²) >= 11 is 3.28. The summed E-state index contributed by atoms with van der Waals surface area (Å²) in [6, 6.07) is 8.71. The Morgan fingerprint density at radius 2 is 1.76 bits per heavy atom. The first-order valence-electron chi connectivity index (χ1n) is 4.64. The number of nitriles is 1. The van der Waals surface area contributed by atoms with Crippen molar-refractivity contribution in [2.45, 2.75) is 0 Å². The van der Waals surface area contributed by atoms with Gasteiger partial charge in [0.15, 0.2) is 0 Å². The van der Waals surface area contributed by atoms with Crippen molar-refractivity contribution in [3.63, 3.8) is 0 Å². The largest absolute Gasteiger partial charge is 0.326 e. The van der Waals surface area contributed by atoms with Gasteiger partial charge < -0.3 is 4.98 Å². The third-order valence-corrected chi connectivity index (χ3v) is 2.72. The third kappa shape index (κ3) is 2.19. The third-order valence-electron chi connectivity index (χ3n) is 2.19. The van der Waals surface area contributed by atoms with Crippen molar-refractivity contribution in [1.29, 1.82) is 5.26 Å². The summed E-state index contributed by atoms with van der Waals surface area (Å²) in [6.07, 6.45) is 0. The molecule has 0 aliphatic carbocycles. The average Bonchev–Trinajstić information content (AvgIpc) is 2.29. The Hall–Kier alpha value is -2.13. The number of nitrogens with zero attached hydrogens (tertiary/aromatic N) is 1. The van der Waals surface area contributed by atoms with Crippen LogP contribution in [0.1, 0.15) is 5.56 Å². The first-order valence-corrected chi connectivity index (χ1v) is 5.44. The van der Waals surface area contributed by atoms with Crippen LogP contribution >= 0.6 is 15.9 Å². The quantitative estimate of drug-likeness (QED) is 0.831. The van der Waals surface area contributed by atoms with Crippen molar-refractivity contribution in [3.05, 3.63) is 55.1 Å². The van der Waals surface area contributed by atoms with E-state index in [2.05, 4.69) is 20.9 Å². The smallest absolute Gasteiger partial charge is 0.306 e. The maximum absolute atomic E-state index is 11.4. The van der Waals surface area contributed by atoms with E-state index in [9.17, 15) is 9.59 Å². The number of rotatable bonds is 1. The zero-order valence-electron chi connectivity index (χ0n) is 8.45. The van der Waals surface area contributed by atoms with Gasteiger partial charge in [-0.15, -0.1) is 0 Å². The molecule has 0 aliphatic rings. The summed E-state index contributed by atoms with van der Waals surface area (Å²) < 4.78 is 0.868. The number of nitrogens with one attached hydrogen (secondary N) is 2. The molecule has 0 amide bonds. The molecule has 0 radical (unpaired) electrons. The van der Waals surface area contributed by atoms with Crippen LogP contribution in [0, 0.1) is 11.3 Å². The molecule has 2 aromatic rings. The van der Waals surface area contributed by atoms with Gasteiger partial charge in [0.1, 0.15) is 11.6 Å². The summed E-state index contributed by atoms with van der Waals surface area (Å²) in [5.41, 5.74) is -0.588. The molecule has 2 N–H and O–H groups in total. The molecule has 6 heteroatoms. The van der Waals surface area contributed by atoms with Gasteiger partial charge in [0.25, 0.3) is 5.56 Å². The predicted octanol–water partition coefficient (Wildman–Crippen LogP) is 1.36. The molecule has 0 bridgehead atoms. The molecule has 0 fully saturated rings. The second kappa shape index (κ2) is 4.39. The number of aromatic amines is 2. The summed E-state index contributed by atoms with van der Waals surface area (Å²) in [5.74, 6) is 0. The number of H-pyrrole nitrogens is 2. The van der Waals surface area contributed by atoms with E-state index < -0.39 is 11.2 Å². The molecular formula is C11H6BrN3O2. The molecule has 1 aromatic carbocycles. The van der Waals surface area contributed by atoms with Crippen molar-refractivity contribution in [1.82, 2.24) is 9.97 Å². The van der Waals surface area contributed by atoms with E-state index in [1.165, 1.54) is 0 Å². The molecule has 0 saturated carbocycles. The highest BCUT2D eigenvalue weighted by Gasteiger charge is 2.10. The second-order valence-electron chi connectivity index (χ2n) is 3.28. The number of hydrogen-bond acceptors (Lipinski definition) is 3. The van der Waals surface area contributed by atoms with E-state index in [1.807, 2.05) is 4.98 Å². The van der Waals surface area contributed by atoms with E-state index in [4.69, 9.17) is 5.26 Å². The van der Waals surface area contributed by atoms with Crippen molar-refractivity contribution in [2.24, 2.45) is 0 Å². The van der Waals surface area contributed by atoms with E-state index in [0.29, 0.717) is 5.56 Å². The molecule has 0 spiro atoms. The van der Waals surface area contributed by atoms with Gasteiger partial charge in [-0.25, -0.2) is 4.79 Å². The van der Waals surface area contributed by atoms with Crippen LogP contribution in [-0.4, -0.2) is 9.97 Å². The number of aromatic nitrogens is 2. The van der Waals surface area contributed by atoms with Crippen molar-refractivity contribution < 1.29 is 0 Å². The van der Waals surface area contributed by atoms with Crippen LogP contribution in [0.3, 0.4) is 0 Å². The van der Waals surface area contributed by atoms with Gasteiger partial charge in [-0.3, -0.25) is 9.78 Å². The Bertz CT molecular complexity index is 707. The number of benzene rings is 1. The normalized spacial score (nSPS) is 9.88. The molecular weight excluding hydrogens is 286 g/mol. The fourth-order valence-electron chi connectivity index (χ4n) is 1.43. The minimum atomic E-state index is -0.686. The Morgan fingerprint density at radius 3 is 2.35 bits per heavy atom. The van der Waals surface area contributed by atoms with Crippen molar-refractivity contribution >= 4 is 15.9 Å². The monoisotopic (exact) mass is 291 g/mol. The second-order valence-corrected chi connectivity index (χ2v) is 4.19. The first kappa shape index (κ1) is 11.4. The van der Waals surface area contributed by atoms with Crippen LogP contribution in [0.4, 0.5) is 0 Å². The lowest BCUT2D eigenvalue weighted by Gasteiger charge is -2.02. The van der Waals surface area contributed by atoms with Crippen LogP contribution in [-0.2, 0) is 0 Å². The summed E-state index contributed by atoms with van der Waals surface area (Å²) in [7, 11) is 0. The number of halogens is 1. The van der Waals surface area contributed by atoms with Crippen LogP contribution in [0.5, 0.6) is 0 Å². The predicted molar refractivity (Wildman–Crippen MR) is 65.5 cm³/mol. The fraction of sp³-hybridized carbons (Fsp3) is 0. The summed E-state index contributed by atoms with van der Waals surface area (Å²) in [6.45, 7) is 0. The lowest BCUT2D eigenvalue weighted by Crippen LogP contribution is -2.25. The van der Waals surface area contributed by atoms with E-state index >= 15 is 0 Å². The molecule has 0 aliphatic heterocycles. The molecule has 0 unspecified atom stereocenters. The zero-order valence-corrected chi connectivity index (χ0v) is 10.0. The minimum Gasteiger partial charge on any atom is -0.306 e. The molecule has 0 atom stereocenters. The highest BCUT2D eigenvalue weighted by Crippen LogP contribution is 2.20. The van der Waals surface area contributed by atoms with Crippen molar-refractivity contribution in [2.75, 3.05) is 0 Å². The Labute approximate surface area is 104 Å². The van der Waals surface area contributed by atoms with E-state index in [0.717, 1.165) is 4.47 Å². The molecule has 1 aromatic heterocycles. The van der Waals surface area contributed by atoms with E-state index in [1.54, 1.807) is 30.3 Å². The van der Waals surface area contributed by atoms with Gasteiger partial charge in [0.05, 0.1) is 5.69 Å². The van der Waals surface area contributed by atoms with Gasteiger partial charge >= 0.3 is 5.69 Å². The minimum absolute atomic E-state index is 0.105. The maximum Gasteiger partial charge on any atom is 0.326 e. The van der Waals surface area contributed by atoms with Crippen LogP contribution < -0.4 is 11.2 Å². The fourth-order valence-corrected chi connectivity index (χ4v) is 1.69. The first-order chi connectivity index (χ1) is 8.11. The summed E-state index contributed by atoms with van der Waals surface area (Å²) in [4.78, 5) is 27.1. The van der Waals surface area contributed by atoms with Gasteiger partial charge in [0, 0.05) is 4.47 Å². The van der Waals surface area contributed by atoms with Gasteiger partial charge in [0.2, 0.25) is 0 Å². The van der Waals surface area contributed by atoms with E-state index in [-0.39, 0.29) is 11.3 Å². The SMILES string of the molecule is N#Cc1c(-c2ccc(Br)cc2)[nH]c(=O)[nH]c1=O. The molecule has 1 heterocycles. The van der Waals surface area contributed by atoms with Crippen LogP contribution in [0.2, 0.25) is 0 Å². The molecule has 0 saturated heterocycles. The molecule has 17 heavy (non-hydrogen) atoms. The topological polar surface area (TPSA) is 89.5 Å². The maximum atomic E-state index is 11.4. The lowest BCUT2D eigenvalue weighted by atomic mass is 10.1. The standard InChI is InChI=1S/C11H6BrN3O2/c12-7-3-1-6(2-4-7)9-8(5-13)10(16)15-11(17)14-9/h1-4H,(H2,14,15,16,17). The van der Waals surface area contributed by atoms with Gasteiger partial charge in [-0.1, -0.05) is 28.1 Å². The Kier molecular flexibility index (Phi) is 2.93. The summed E-state index contributed by atoms with van der Waals surface area (Å²) in [5, 5.41) is 8.90. The Balaban J connectivity index is 2.75. The molecule has 2 rings (SSSR count). The van der Waals surface area contributed by atoms with Gasteiger partial charge in [-0.05, 0) is 17.7 Å². The molecule has 84 valence electrons. The van der Waals surface area contributed by atoms with Crippen LogP contribution in [0.15, 0.2) is 38.3 Å². The zero-order chi connectivity index (χ0) is 12.4. The van der Waals surface area contributed by atoms with Crippen LogP contribution in [0.25, 0.3) is 11.3 Å². The van der Waals surface area contributed by atoms with Crippen molar-refractivity contribution in [3.8, 4) is 17.3 Å². The lowest BCUT2D eigenvalue weighted by molar-refractivity contribution is 1.03. The average molecular weight is 292 g/mol. The Morgan fingerprint density at radius 1 is 1.12 bits per heavy atom. The number of hydrogen-bond donors (Lipinski definition) is 2. The highest BCUT2D eigenvalue weighted by atomic mass is 79.9. The molecule has 5 nitrogen and oxygen atoms in total. The highest BCUT2D eigenvalue weighted by molar-refractivity contribution is 9.10. The van der Waals surface area contributed by atoms with Gasteiger partial charge in [-0.2, -0.15) is 5.26 Å².